The summed E-state index contributed by atoms with van der Waals surface area (Å²) in [6, 6.07) is 26.7. The quantitative estimate of drug-likeness (QED) is 0.346. The summed E-state index contributed by atoms with van der Waals surface area (Å²) >= 11 is 7.58. The Morgan fingerprint density at radius 2 is 1.74 bits per heavy atom. The van der Waals surface area contributed by atoms with Crippen molar-refractivity contribution < 1.29 is 9.59 Å². The molecule has 5 nitrogen and oxygen atoms in total. The number of nitriles is 1. The third-order valence-electron chi connectivity index (χ3n) is 5.70. The van der Waals surface area contributed by atoms with Crippen molar-refractivity contribution in [3.63, 3.8) is 0 Å². The summed E-state index contributed by atoms with van der Waals surface area (Å²) in [5, 5.41) is 13.2. The lowest BCUT2D eigenvalue weighted by atomic mass is 10.1. The van der Waals surface area contributed by atoms with E-state index in [0.29, 0.717) is 35.1 Å². The molecule has 1 heterocycles. The monoisotopic (exact) mass is 501 g/mol. The average molecular weight is 502 g/mol. The van der Waals surface area contributed by atoms with Crippen LogP contribution in [-0.2, 0) is 22.4 Å². The zero-order chi connectivity index (χ0) is 24.8. The summed E-state index contributed by atoms with van der Waals surface area (Å²) in [5.41, 5.74) is 3.53. The topological polar surface area (TPSA) is 73.2 Å². The Labute approximate surface area is 214 Å². The number of nitrogens with one attached hydrogen (secondary N) is 1. The molecule has 1 unspecified atom stereocenters. The number of carbonyl (C=O) groups excluding carboxylic acids is 2. The number of nitrogens with zero attached hydrogens (tertiary/aromatic N) is 2. The number of carbonyl (C=O) groups is 2. The van der Waals surface area contributed by atoms with Crippen LogP contribution in [-0.4, -0.2) is 23.6 Å². The third kappa shape index (κ3) is 5.76. The van der Waals surface area contributed by atoms with Crippen LogP contribution in [0, 0.1) is 18.3 Å². The summed E-state index contributed by atoms with van der Waals surface area (Å²) in [4.78, 5) is 28.1. The fraction of sp³-hybridized carbons (Fsp3) is 0.179. The Morgan fingerprint density at radius 3 is 2.43 bits per heavy atom. The van der Waals surface area contributed by atoms with Crippen LogP contribution < -0.4 is 10.2 Å². The molecule has 4 rings (SSSR count). The minimum absolute atomic E-state index is 0.0707. The molecule has 0 saturated carbocycles. The van der Waals surface area contributed by atoms with Crippen molar-refractivity contribution in [2.75, 3.05) is 11.4 Å². The summed E-state index contributed by atoms with van der Waals surface area (Å²) in [6.45, 7) is 2.34. The number of benzene rings is 3. The van der Waals surface area contributed by atoms with Gasteiger partial charge in [-0.2, -0.15) is 5.26 Å². The maximum absolute atomic E-state index is 13.5. The van der Waals surface area contributed by atoms with E-state index in [0.717, 1.165) is 16.7 Å². The van der Waals surface area contributed by atoms with Crippen LogP contribution >= 0.6 is 23.4 Å². The normalized spacial score (nSPS) is 16.7. The number of amides is 2. The van der Waals surface area contributed by atoms with Gasteiger partial charge in [-0.05, 0) is 49.1 Å². The second-order valence-corrected chi connectivity index (χ2v) is 9.79. The van der Waals surface area contributed by atoms with Gasteiger partial charge >= 0.3 is 0 Å². The first-order valence-corrected chi connectivity index (χ1v) is 12.5. The number of hydrogen-bond donors (Lipinski definition) is 1. The van der Waals surface area contributed by atoms with Crippen LogP contribution in [0.2, 0.25) is 5.02 Å². The average Bonchev–Trinajstić information content (AvgIpc) is 3.17. The predicted molar refractivity (Wildman–Crippen MR) is 141 cm³/mol. The molecule has 0 spiro atoms. The van der Waals surface area contributed by atoms with Crippen molar-refractivity contribution in [2.45, 2.75) is 25.0 Å². The van der Waals surface area contributed by atoms with Gasteiger partial charge < -0.3 is 5.32 Å². The van der Waals surface area contributed by atoms with E-state index in [1.807, 2.05) is 85.8 Å². The predicted octanol–water partition coefficient (Wildman–Crippen LogP) is 5.43. The van der Waals surface area contributed by atoms with Gasteiger partial charge in [0.2, 0.25) is 5.91 Å². The van der Waals surface area contributed by atoms with Crippen LogP contribution in [0.3, 0.4) is 0 Å². The molecule has 7 heteroatoms. The van der Waals surface area contributed by atoms with Gasteiger partial charge in [0, 0.05) is 17.3 Å². The molecule has 0 aromatic heterocycles. The van der Waals surface area contributed by atoms with Gasteiger partial charge in [-0.3, -0.25) is 14.5 Å². The van der Waals surface area contributed by atoms with Crippen LogP contribution in [0.25, 0.3) is 0 Å². The number of thioether (sulfide) groups is 1. The van der Waals surface area contributed by atoms with Crippen molar-refractivity contribution in [1.29, 1.82) is 5.26 Å². The number of aryl methyl sites for hydroxylation is 1. The molecule has 3 aromatic rings. The molecule has 1 N–H and O–H groups in total. The molecule has 3 aromatic carbocycles. The highest BCUT2D eigenvalue weighted by Crippen LogP contribution is 2.42. The molecule has 1 aliphatic heterocycles. The second-order valence-electron chi connectivity index (χ2n) is 8.19. The second kappa shape index (κ2) is 11.3. The molecule has 0 bridgehead atoms. The van der Waals surface area contributed by atoms with Crippen molar-refractivity contribution in [2.24, 2.45) is 0 Å². The molecule has 176 valence electrons. The van der Waals surface area contributed by atoms with Gasteiger partial charge in [0.25, 0.3) is 5.91 Å². The van der Waals surface area contributed by atoms with Crippen LogP contribution in [0.1, 0.15) is 16.7 Å². The minimum atomic E-state index is -0.508. The molecule has 1 fully saturated rings. The van der Waals surface area contributed by atoms with E-state index in [-0.39, 0.29) is 11.5 Å². The van der Waals surface area contributed by atoms with Crippen LogP contribution in [0.15, 0.2) is 89.5 Å². The van der Waals surface area contributed by atoms with Gasteiger partial charge in [-0.25, -0.2) is 0 Å². The highest BCUT2D eigenvalue weighted by molar-refractivity contribution is 8.05. The Hall–Kier alpha value is -3.53. The van der Waals surface area contributed by atoms with E-state index in [9.17, 15) is 14.9 Å². The van der Waals surface area contributed by atoms with Crippen molar-refractivity contribution in [3.05, 3.63) is 111 Å². The molecular formula is C28H24ClN3O2S. The van der Waals surface area contributed by atoms with Gasteiger partial charge in [-0.15, -0.1) is 0 Å². The van der Waals surface area contributed by atoms with Gasteiger partial charge in [0.15, 0.2) is 0 Å². The van der Waals surface area contributed by atoms with Gasteiger partial charge in [-0.1, -0.05) is 89.6 Å². The van der Waals surface area contributed by atoms with Crippen molar-refractivity contribution >= 4 is 40.9 Å². The first-order valence-electron chi connectivity index (χ1n) is 11.2. The molecule has 1 aliphatic rings. The van der Waals surface area contributed by atoms with E-state index < -0.39 is 11.2 Å². The highest BCUT2D eigenvalue weighted by atomic mass is 35.5. The fourth-order valence-corrected chi connectivity index (χ4v) is 5.34. The van der Waals surface area contributed by atoms with Gasteiger partial charge in [0.05, 0.1) is 5.25 Å². The number of rotatable bonds is 7. The lowest BCUT2D eigenvalue weighted by Crippen LogP contribution is -2.32. The smallest absolute Gasteiger partial charge is 0.264 e. The standard InChI is InChI=1S/C28H24ClN3O2S/c1-19-11-13-22(14-12-19)32-27(34)25(17-21-9-5-6-10-24(21)29)35-28(32)23(18-30)26(33)31-16-15-20-7-3-2-4-8-20/h2-14,25H,15-17H2,1H3,(H,31,33). The molecule has 1 atom stereocenters. The first-order chi connectivity index (χ1) is 17.0. The Kier molecular flexibility index (Phi) is 7.91. The molecular weight excluding hydrogens is 478 g/mol. The number of halogens is 1. The Balaban J connectivity index is 1.62. The lowest BCUT2D eigenvalue weighted by Gasteiger charge is -2.19. The molecule has 0 aliphatic carbocycles. The van der Waals surface area contributed by atoms with Crippen LogP contribution in [0.4, 0.5) is 5.69 Å². The zero-order valence-electron chi connectivity index (χ0n) is 19.2. The summed E-state index contributed by atoms with van der Waals surface area (Å²) in [6.07, 6.45) is 1.03. The van der Waals surface area contributed by atoms with Crippen LogP contribution in [0.5, 0.6) is 0 Å². The molecule has 1 saturated heterocycles. The summed E-state index contributed by atoms with van der Waals surface area (Å²) in [5.74, 6) is -0.673. The minimum Gasteiger partial charge on any atom is -0.351 e. The molecule has 0 radical (unpaired) electrons. The summed E-state index contributed by atoms with van der Waals surface area (Å²) in [7, 11) is 0. The van der Waals surface area contributed by atoms with E-state index >= 15 is 0 Å². The highest BCUT2D eigenvalue weighted by Gasteiger charge is 2.41. The number of anilines is 1. The van der Waals surface area contributed by atoms with E-state index in [4.69, 9.17) is 11.6 Å². The van der Waals surface area contributed by atoms with E-state index in [1.165, 1.54) is 16.7 Å². The molecule has 35 heavy (non-hydrogen) atoms. The summed E-state index contributed by atoms with van der Waals surface area (Å²) < 4.78 is 0. The maximum atomic E-state index is 13.5. The Bertz CT molecular complexity index is 1300. The fourth-order valence-electron chi connectivity index (χ4n) is 3.83. The van der Waals surface area contributed by atoms with Crippen molar-refractivity contribution in [1.82, 2.24) is 5.32 Å². The first kappa shape index (κ1) is 24.6. The largest absolute Gasteiger partial charge is 0.351 e. The maximum Gasteiger partial charge on any atom is 0.264 e. The zero-order valence-corrected chi connectivity index (χ0v) is 20.8. The molecule has 2 amide bonds. The number of hydrogen-bond acceptors (Lipinski definition) is 4. The third-order valence-corrected chi connectivity index (χ3v) is 7.33. The van der Waals surface area contributed by atoms with Gasteiger partial charge in [0.1, 0.15) is 16.7 Å². The Morgan fingerprint density at radius 1 is 1.06 bits per heavy atom. The SMILES string of the molecule is Cc1ccc(N2C(=O)C(Cc3ccccc3Cl)SC2=C(C#N)C(=O)NCCc2ccccc2)cc1. The van der Waals surface area contributed by atoms with E-state index in [2.05, 4.69) is 5.32 Å². The lowest BCUT2D eigenvalue weighted by molar-refractivity contribution is -0.117. The van der Waals surface area contributed by atoms with Crippen molar-refractivity contribution in [3.8, 4) is 6.07 Å². The van der Waals surface area contributed by atoms with E-state index in [1.54, 1.807) is 6.07 Å².